The number of fused-ring (bicyclic) bond motifs is 12. The highest BCUT2D eigenvalue weighted by atomic mass is 15.3. The van der Waals surface area contributed by atoms with Gasteiger partial charge in [-0.05, 0) is 161 Å². The zero-order valence-electron chi connectivity index (χ0n) is 45.5. The van der Waals surface area contributed by atoms with Crippen molar-refractivity contribution >= 4 is 102 Å². The second-order valence-electron chi connectivity index (χ2n) is 21.0. The maximum absolute atomic E-state index is 5.55. The summed E-state index contributed by atoms with van der Waals surface area (Å²) in [5, 5.41) is 0. The molecule has 9 heteroatoms. The second kappa shape index (κ2) is 20.2. The minimum atomic E-state index is 0.696. The Balaban J connectivity index is 0.930. The molecule has 9 nitrogen and oxygen atoms in total. The molecule has 0 amide bonds. The Morgan fingerprint density at radius 1 is 0.190 bits per heavy atom. The van der Waals surface area contributed by atoms with Crippen LogP contribution in [0.2, 0.25) is 0 Å². The van der Waals surface area contributed by atoms with Crippen molar-refractivity contribution in [2.75, 3.05) is 14.7 Å². The summed E-state index contributed by atoms with van der Waals surface area (Å²) in [5.41, 5.74) is 21.3. The third-order valence-corrected chi connectivity index (χ3v) is 16.0. The van der Waals surface area contributed by atoms with Crippen LogP contribution in [-0.4, -0.2) is 28.2 Å². The predicted molar refractivity (Wildman–Crippen MR) is 346 cm³/mol. The van der Waals surface area contributed by atoms with E-state index in [1.54, 1.807) is 0 Å². The molecule has 0 fully saturated rings. The Bertz CT molecular complexity index is 4490. The molecule has 84 heavy (non-hydrogen) atoms. The zero-order chi connectivity index (χ0) is 55.5. The van der Waals surface area contributed by atoms with Crippen molar-refractivity contribution in [1.82, 2.24) is 28.2 Å². The lowest BCUT2D eigenvalue weighted by atomic mass is 10.0. The first kappa shape index (κ1) is 48.4. The summed E-state index contributed by atoms with van der Waals surface area (Å²) in [7, 11) is 0. The molecule has 0 aliphatic heterocycles. The molecule has 4 heterocycles. The number of imidazole rings is 3. The summed E-state index contributed by atoms with van der Waals surface area (Å²) < 4.78 is 6.65. The molecule has 12 aromatic carbocycles. The van der Waals surface area contributed by atoms with Gasteiger partial charge in [-0.25, -0.2) is 28.2 Å². The molecule has 396 valence electrons. The van der Waals surface area contributed by atoms with Gasteiger partial charge in [-0.15, -0.1) is 0 Å². The van der Waals surface area contributed by atoms with Gasteiger partial charge < -0.3 is 14.7 Å². The number of aromatic nitrogens is 6. The summed E-state index contributed by atoms with van der Waals surface area (Å²) >= 11 is 0. The summed E-state index contributed by atoms with van der Waals surface area (Å²) in [4.78, 5) is 23.6. The minimum Gasteiger partial charge on any atom is -0.310 e. The molecule has 0 unspecified atom stereocenters. The molecule has 0 spiro atoms. The Morgan fingerprint density at radius 2 is 0.393 bits per heavy atom. The SMILES string of the molecule is c1ccc(-c2ccc(N(c3ccccc3)c3ccc4nc5n(c4c3)c3nc4ccc(N(c6ccccc6)c6ccc(-c7ccccc7)cc6)cc4n3c3nc4ccc(N(c6ccccc6)c6ccc(-c7ccccc7)cc6)cc4n53)cc2)cc1. The van der Waals surface area contributed by atoms with E-state index in [9.17, 15) is 0 Å². The molecule has 16 rings (SSSR count). The summed E-state index contributed by atoms with van der Waals surface area (Å²) in [6.07, 6.45) is 0. The third-order valence-electron chi connectivity index (χ3n) is 16.0. The van der Waals surface area contributed by atoms with Gasteiger partial charge >= 0.3 is 0 Å². The largest absolute Gasteiger partial charge is 0.310 e. The van der Waals surface area contributed by atoms with Gasteiger partial charge in [0.25, 0.3) is 0 Å². The van der Waals surface area contributed by atoms with Crippen LogP contribution in [0.5, 0.6) is 0 Å². The van der Waals surface area contributed by atoms with E-state index in [0.29, 0.717) is 17.3 Å². The first-order valence-electron chi connectivity index (χ1n) is 28.3. The molecule has 0 N–H and O–H groups in total. The van der Waals surface area contributed by atoms with E-state index in [1.165, 1.54) is 16.7 Å². The topological polar surface area (TPSA) is 61.6 Å². The molecule has 0 saturated heterocycles. The molecule has 0 atom stereocenters. The molecule has 4 aromatic heterocycles. The van der Waals surface area contributed by atoms with Gasteiger partial charge in [-0.1, -0.05) is 182 Å². The lowest BCUT2D eigenvalue weighted by Crippen LogP contribution is -2.10. The Kier molecular flexibility index (Phi) is 11.6. The predicted octanol–water partition coefficient (Wildman–Crippen LogP) is 19.5. The highest BCUT2D eigenvalue weighted by molar-refractivity contribution is 5.96. The van der Waals surface area contributed by atoms with Crippen molar-refractivity contribution in [2.24, 2.45) is 0 Å². The number of hydrogen-bond acceptors (Lipinski definition) is 6. The van der Waals surface area contributed by atoms with E-state index >= 15 is 0 Å². The second-order valence-corrected chi connectivity index (χ2v) is 21.0. The van der Waals surface area contributed by atoms with Gasteiger partial charge in [0.2, 0.25) is 17.3 Å². The molecule has 0 aliphatic carbocycles. The van der Waals surface area contributed by atoms with Crippen LogP contribution in [0.1, 0.15) is 0 Å². The van der Waals surface area contributed by atoms with Crippen molar-refractivity contribution < 1.29 is 0 Å². The maximum Gasteiger partial charge on any atom is 0.225 e. The van der Waals surface area contributed by atoms with Crippen molar-refractivity contribution in [3.63, 3.8) is 0 Å². The van der Waals surface area contributed by atoms with Crippen LogP contribution >= 0.6 is 0 Å². The van der Waals surface area contributed by atoms with Gasteiger partial charge in [0.15, 0.2) is 0 Å². The fraction of sp³-hybridized carbons (Fsp3) is 0. The van der Waals surface area contributed by atoms with E-state index in [-0.39, 0.29) is 0 Å². The normalized spacial score (nSPS) is 11.6. The lowest BCUT2D eigenvalue weighted by Gasteiger charge is -2.26. The molecular weight excluding hydrogens is 1030 g/mol. The maximum atomic E-state index is 5.55. The van der Waals surface area contributed by atoms with Crippen LogP contribution in [0.4, 0.5) is 51.2 Å². The van der Waals surface area contributed by atoms with E-state index in [4.69, 9.17) is 15.0 Å². The number of benzene rings is 12. The third kappa shape index (κ3) is 8.37. The van der Waals surface area contributed by atoms with Crippen molar-refractivity contribution in [3.8, 4) is 33.4 Å². The fourth-order valence-corrected chi connectivity index (χ4v) is 12.0. The number of rotatable bonds is 12. The molecule has 0 radical (unpaired) electrons. The van der Waals surface area contributed by atoms with E-state index < -0.39 is 0 Å². The van der Waals surface area contributed by atoms with Gasteiger partial charge in [0, 0.05) is 51.2 Å². The van der Waals surface area contributed by atoms with Crippen LogP contribution in [0.15, 0.2) is 309 Å². The average Bonchev–Trinajstić information content (AvgIpc) is 4.47. The number of nitrogens with zero attached hydrogens (tertiary/aromatic N) is 9. The van der Waals surface area contributed by atoms with Crippen LogP contribution in [0, 0.1) is 0 Å². The minimum absolute atomic E-state index is 0.696. The number of para-hydroxylation sites is 3. The van der Waals surface area contributed by atoms with Gasteiger partial charge in [-0.3, -0.25) is 0 Å². The van der Waals surface area contributed by atoms with Gasteiger partial charge in [0.05, 0.1) is 33.1 Å². The zero-order valence-corrected chi connectivity index (χ0v) is 45.5. The van der Waals surface area contributed by atoms with E-state index in [0.717, 1.165) is 101 Å². The van der Waals surface area contributed by atoms with Crippen LogP contribution in [0.25, 0.3) is 83.8 Å². The lowest BCUT2D eigenvalue weighted by molar-refractivity contribution is 1.01. The Morgan fingerprint density at radius 3 is 0.643 bits per heavy atom. The first-order chi connectivity index (χ1) is 41.6. The van der Waals surface area contributed by atoms with Gasteiger partial charge in [-0.2, -0.15) is 0 Å². The Hall–Kier alpha value is -11.6. The standard InChI is InChI=1S/C75H51N9/c1-7-19-52(20-8-1)55-31-37-61(38-32-55)79(58-25-13-4-14-26-58)64-43-46-67-70(49-64)82-73(76-67)83-72-51-66(81(60-29-17-6-18-30-60)63-41-35-57(36-42-63)54-23-11-3-12-24-54)45-48-69(72)78-75(83)84-71-50-65(44-47-68(71)77-74(82)84)80(59-27-15-5-16-28-59)62-39-33-56(34-40-62)53-21-9-2-10-22-53/h1-51H. The van der Waals surface area contributed by atoms with Gasteiger partial charge in [0.1, 0.15) is 0 Å². The first-order valence-corrected chi connectivity index (χ1v) is 28.3. The molecule has 16 aromatic rings. The highest BCUT2D eigenvalue weighted by Crippen LogP contribution is 2.42. The number of anilines is 9. The summed E-state index contributed by atoms with van der Waals surface area (Å²) in [5.74, 6) is 2.09. The molecular formula is C75H51N9. The van der Waals surface area contributed by atoms with Crippen LogP contribution in [-0.2, 0) is 0 Å². The smallest absolute Gasteiger partial charge is 0.225 e. The highest BCUT2D eigenvalue weighted by Gasteiger charge is 2.25. The quantitative estimate of drug-likeness (QED) is 0.121. The van der Waals surface area contributed by atoms with Crippen LogP contribution in [0.3, 0.4) is 0 Å². The summed E-state index contributed by atoms with van der Waals surface area (Å²) in [6, 6.07) is 109. The molecule has 0 saturated carbocycles. The monoisotopic (exact) mass is 1080 g/mol. The molecule has 0 bridgehead atoms. The van der Waals surface area contributed by atoms with Crippen molar-refractivity contribution in [3.05, 3.63) is 309 Å². The van der Waals surface area contributed by atoms with E-state index in [2.05, 4.69) is 337 Å². The number of hydrogen-bond donors (Lipinski definition) is 0. The van der Waals surface area contributed by atoms with E-state index in [1.807, 2.05) is 0 Å². The molecule has 0 aliphatic rings. The van der Waals surface area contributed by atoms with Crippen molar-refractivity contribution in [1.29, 1.82) is 0 Å². The van der Waals surface area contributed by atoms with Crippen LogP contribution < -0.4 is 14.7 Å². The van der Waals surface area contributed by atoms with Crippen molar-refractivity contribution in [2.45, 2.75) is 0 Å². The fourth-order valence-electron chi connectivity index (χ4n) is 12.0. The Labute approximate surface area is 484 Å². The average molecular weight is 1080 g/mol. The summed E-state index contributed by atoms with van der Waals surface area (Å²) in [6.45, 7) is 0.